The third-order valence-corrected chi connectivity index (χ3v) is 6.07. The van der Waals surface area contributed by atoms with E-state index in [1.165, 1.54) is 35.9 Å². The summed E-state index contributed by atoms with van der Waals surface area (Å²) >= 11 is 6.31. The van der Waals surface area contributed by atoms with Crippen LogP contribution in [0.4, 0.5) is 5.13 Å². The smallest absolute Gasteiger partial charge is 0.232 e. The van der Waals surface area contributed by atoms with Gasteiger partial charge < -0.3 is 15.0 Å². The van der Waals surface area contributed by atoms with E-state index in [2.05, 4.69) is 31.4 Å². The number of rotatable bonds is 9. The van der Waals surface area contributed by atoms with Gasteiger partial charge in [-0.2, -0.15) is 0 Å². The van der Waals surface area contributed by atoms with Crippen molar-refractivity contribution < 1.29 is 9.53 Å². The molecule has 0 bridgehead atoms. The summed E-state index contributed by atoms with van der Waals surface area (Å²) in [5.74, 6) is 1.20. The average molecular weight is 443 g/mol. The Hall–Kier alpha value is -1.32. The molecule has 1 aromatic carbocycles. The minimum atomic E-state index is 0.0521. The molecule has 25 heavy (non-hydrogen) atoms. The molecule has 3 rings (SSSR count). The van der Waals surface area contributed by atoms with E-state index in [9.17, 15) is 4.79 Å². The summed E-state index contributed by atoms with van der Waals surface area (Å²) in [5.41, 5.74) is 0. The fraction of sp³-hybridized carbons (Fsp3) is 0.438. The van der Waals surface area contributed by atoms with E-state index in [1.54, 1.807) is 11.9 Å². The standard InChI is InChI=1S/C16H19BrN4O2S2/c1-21(8-9-23-13-6-2-11(17)3-7-13)14(22)10-24-16-20-19-15(25-16)18-12-4-5-12/h2-3,6-7,12H,4-5,8-10H2,1H3,(H,18,19). The minimum Gasteiger partial charge on any atom is -0.492 e. The second-order valence-electron chi connectivity index (χ2n) is 5.70. The van der Waals surface area contributed by atoms with Gasteiger partial charge in [-0.15, -0.1) is 10.2 Å². The van der Waals surface area contributed by atoms with Crippen molar-refractivity contribution >= 4 is 50.1 Å². The van der Waals surface area contributed by atoms with Gasteiger partial charge in [0.25, 0.3) is 0 Å². The summed E-state index contributed by atoms with van der Waals surface area (Å²) in [7, 11) is 1.79. The van der Waals surface area contributed by atoms with Crippen LogP contribution in [-0.4, -0.2) is 53.0 Å². The lowest BCUT2D eigenvalue weighted by Crippen LogP contribution is -2.32. The van der Waals surface area contributed by atoms with Crippen LogP contribution in [0.5, 0.6) is 5.75 Å². The Morgan fingerprint density at radius 2 is 2.16 bits per heavy atom. The summed E-state index contributed by atoms with van der Waals surface area (Å²) < 4.78 is 7.47. The molecular formula is C16H19BrN4O2S2. The van der Waals surface area contributed by atoms with E-state index in [0.717, 1.165) is 19.7 Å². The molecule has 0 spiro atoms. The van der Waals surface area contributed by atoms with Crippen LogP contribution in [0, 0.1) is 0 Å². The molecular weight excluding hydrogens is 424 g/mol. The Bertz CT molecular complexity index is 706. The molecule has 9 heteroatoms. The number of aromatic nitrogens is 2. The molecule has 1 amide bonds. The fourth-order valence-corrected chi connectivity index (χ4v) is 3.95. The number of hydrogen-bond donors (Lipinski definition) is 1. The number of hydrogen-bond acceptors (Lipinski definition) is 7. The molecule has 0 saturated heterocycles. The zero-order chi connectivity index (χ0) is 17.6. The summed E-state index contributed by atoms with van der Waals surface area (Å²) in [6.07, 6.45) is 2.40. The van der Waals surface area contributed by atoms with E-state index in [-0.39, 0.29) is 5.91 Å². The zero-order valence-electron chi connectivity index (χ0n) is 13.8. The quantitative estimate of drug-likeness (QED) is 0.599. The van der Waals surface area contributed by atoms with Crippen molar-refractivity contribution in [1.82, 2.24) is 15.1 Å². The Morgan fingerprint density at radius 3 is 2.88 bits per heavy atom. The van der Waals surface area contributed by atoms with E-state index in [4.69, 9.17) is 4.74 Å². The van der Waals surface area contributed by atoms with Gasteiger partial charge in [-0.3, -0.25) is 4.79 Å². The van der Waals surface area contributed by atoms with Crippen molar-refractivity contribution in [3.63, 3.8) is 0 Å². The Labute approximate surface area is 163 Å². The number of thioether (sulfide) groups is 1. The zero-order valence-corrected chi connectivity index (χ0v) is 17.0. The third kappa shape index (κ3) is 6.16. The average Bonchev–Trinajstić information content (AvgIpc) is 3.31. The number of halogens is 1. The van der Waals surface area contributed by atoms with Crippen LogP contribution in [0.3, 0.4) is 0 Å². The normalized spacial score (nSPS) is 13.5. The maximum absolute atomic E-state index is 12.2. The molecule has 0 atom stereocenters. The Morgan fingerprint density at radius 1 is 1.40 bits per heavy atom. The largest absolute Gasteiger partial charge is 0.492 e. The number of ether oxygens (including phenoxy) is 1. The van der Waals surface area contributed by atoms with Gasteiger partial charge in [-0.05, 0) is 37.1 Å². The first kappa shape index (κ1) is 18.5. The van der Waals surface area contributed by atoms with Crippen LogP contribution in [0.25, 0.3) is 0 Å². The van der Waals surface area contributed by atoms with Crippen LogP contribution in [0.2, 0.25) is 0 Å². The number of likely N-dealkylation sites (N-methyl/N-ethyl adjacent to an activating group) is 1. The maximum Gasteiger partial charge on any atom is 0.232 e. The minimum absolute atomic E-state index is 0.0521. The predicted octanol–water partition coefficient (Wildman–Crippen LogP) is 3.50. The number of carbonyl (C=O) groups excluding carboxylic acids is 1. The van der Waals surface area contributed by atoms with E-state index < -0.39 is 0 Å². The van der Waals surface area contributed by atoms with Gasteiger partial charge >= 0.3 is 0 Å². The summed E-state index contributed by atoms with van der Waals surface area (Å²) in [4.78, 5) is 13.9. The molecule has 0 unspecified atom stereocenters. The van der Waals surface area contributed by atoms with Crippen LogP contribution in [-0.2, 0) is 4.79 Å². The number of nitrogens with zero attached hydrogens (tertiary/aromatic N) is 3. The SMILES string of the molecule is CN(CCOc1ccc(Br)cc1)C(=O)CSc1nnc(NC2CC2)s1. The number of nitrogens with one attached hydrogen (secondary N) is 1. The molecule has 1 heterocycles. The number of benzene rings is 1. The highest BCUT2D eigenvalue weighted by molar-refractivity contribution is 9.10. The van der Waals surface area contributed by atoms with Gasteiger partial charge in [-0.1, -0.05) is 39.0 Å². The lowest BCUT2D eigenvalue weighted by atomic mass is 10.3. The van der Waals surface area contributed by atoms with Crippen LogP contribution in [0.15, 0.2) is 33.1 Å². The number of carbonyl (C=O) groups is 1. The summed E-state index contributed by atoms with van der Waals surface area (Å²) in [6.45, 7) is 1.00. The predicted molar refractivity (Wildman–Crippen MR) is 105 cm³/mol. The molecule has 2 aromatic rings. The van der Waals surface area contributed by atoms with Gasteiger partial charge in [0, 0.05) is 17.6 Å². The van der Waals surface area contributed by atoms with Crippen molar-refractivity contribution in [3.8, 4) is 5.75 Å². The highest BCUT2D eigenvalue weighted by Gasteiger charge is 2.22. The Kier molecular flexibility index (Phi) is 6.55. The molecule has 6 nitrogen and oxygen atoms in total. The topological polar surface area (TPSA) is 67.3 Å². The van der Waals surface area contributed by atoms with Crippen LogP contribution in [0.1, 0.15) is 12.8 Å². The highest BCUT2D eigenvalue weighted by atomic mass is 79.9. The van der Waals surface area contributed by atoms with Crippen LogP contribution >= 0.6 is 39.0 Å². The van der Waals surface area contributed by atoms with E-state index >= 15 is 0 Å². The number of amides is 1. The van der Waals surface area contributed by atoms with Crippen molar-refractivity contribution in [2.24, 2.45) is 0 Å². The molecule has 0 radical (unpaired) electrons. The van der Waals surface area contributed by atoms with Gasteiger partial charge in [-0.25, -0.2) is 0 Å². The number of anilines is 1. The fourth-order valence-electron chi connectivity index (χ4n) is 1.92. The highest BCUT2D eigenvalue weighted by Crippen LogP contribution is 2.30. The third-order valence-electron chi connectivity index (χ3n) is 3.57. The summed E-state index contributed by atoms with van der Waals surface area (Å²) in [5, 5.41) is 12.4. The first-order valence-electron chi connectivity index (χ1n) is 7.95. The van der Waals surface area contributed by atoms with Gasteiger partial charge in [0.1, 0.15) is 12.4 Å². The van der Waals surface area contributed by atoms with E-state index in [1.807, 2.05) is 24.3 Å². The van der Waals surface area contributed by atoms with Crippen molar-refractivity contribution in [3.05, 3.63) is 28.7 Å². The second kappa shape index (κ2) is 8.86. The molecule has 1 saturated carbocycles. The first-order valence-corrected chi connectivity index (χ1v) is 10.5. The first-order chi connectivity index (χ1) is 12.1. The monoisotopic (exact) mass is 442 g/mol. The van der Waals surface area contributed by atoms with Gasteiger partial charge in [0.05, 0.1) is 12.3 Å². The van der Waals surface area contributed by atoms with Gasteiger partial charge in [0.15, 0.2) is 4.34 Å². The molecule has 0 aliphatic heterocycles. The molecule has 1 N–H and O–H groups in total. The second-order valence-corrected chi connectivity index (χ2v) is 8.81. The molecule has 1 aromatic heterocycles. The van der Waals surface area contributed by atoms with Crippen LogP contribution < -0.4 is 10.1 Å². The van der Waals surface area contributed by atoms with Crippen molar-refractivity contribution in [1.29, 1.82) is 0 Å². The molecule has 1 aliphatic rings. The molecule has 134 valence electrons. The maximum atomic E-state index is 12.2. The van der Waals surface area contributed by atoms with Crippen molar-refractivity contribution in [2.45, 2.75) is 23.2 Å². The van der Waals surface area contributed by atoms with Crippen molar-refractivity contribution in [2.75, 3.05) is 31.3 Å². The Balaban J connectivity index is 1.35. The molecule has 1 aliphatic carbocycles. The van der Waals surface area contributed by atoms with Gasteiger partial charge in [0.2, 0.25) is 11.0 Å². The molecule has 1 fully saturated rings. The van der Waals surface area contributed by atoms with E-state index in [0.29, 0.717) is 24.9 Å². The lowest BCUT2D eigenvalue weighted by molar-refractivity contribution is -0.127. The summed E-state index contributed by atoms with van der Waals surface area (Å²) in [6, 6.07) is 8.20. The lowest BCUT2D eigenvalue weighted by Gasteiger charge is -2.17.